The standard InChI is InChI=1S/C12H16N2O4S/c1-18-9-11(15)6-7-14-19(16,17)12-4-2-10(8-13)3-5-12/h2-5,11,14-15H,6-7,9H2,1H3. The van der Waals surface area contributed by atoms with Crippen molar-refractivity contribution in [2.75, 3.05) is 20.3 Å². The van der Waals surface area contributed by atoms with Crippen LogP contribution >= 0.6 is 0 Å². The second kappa shape index (κ2) is 7.21. The van der Waals surface area contributed by atoms with Gasteiger partial charge in [0.2, 0.25) is 10.0 Å². The van der Waals surface area contributed by atoms with Crippen LogP contribution in [0, 0.1) is 11.3 Å². The van der Waals surface area contributed by atoms with Crippen molar-refractivity contribution < 1.29 is 18.3 Å². The summed E-state index contributed by atoms with van der Waals surface area (Å²) < 4.78 is 30.8. The lowest BCUT2D eigenvalue weighted by molar-refractivity contribution is 0.0603. The summed E-state index contributed by atoms with van der Waals surface area (Å²) in [6.45, 7) is 0.283. The maximum atomic E-state index is 11.9. The van der Waals surface area contributed by atoms with Crippen molar-refractivity contribution in [3.63, 3.8) is 0 Å². The summed E-state index contributed by atoms with van der Waals surface area (Å²) in [5.74, 6) is 0. The van der Waals surface area contributed by atoms with E-state index < -0.39 is 16.1 Å². The molecule has 1 rings (SSSR count). The number of aliphatic hydroxyl groups is 1. The van der Waals surface area contributed by atoms with Crippen molar-refractivity contribution in [3.05, 3.63) is 29.8 Å². The number of aliphatic hydroxyl groups excluding tert-OH is 1. The van der Waals surface area contributed by atoms with Crippen LogP contribution in [0.3, 0.4) is 0 Å². The average molecular weight is 284 g/mol. The van der Waals surface area contributed by atoms with Crippen LogP contribution < -0.4 is 4.72 Å². The zero-order valence-corrected chi connectivity index (χ0v) is 11.4. The van der Waals surface area contributed by atoms with Gasteiger partial charge in [0.15, 0.2) is 0 Å². The zero-order chi connectivity index (χ0) is 14.3. The van der Waals surface area contributed by atoms with E-state index in [9.17, 15) is 13.5 Å². The van der Waals surface area contributed by atoms with Crippen molar-refractivity contribution in [3.8, 4) is 6.07 Å². The highest BCUT2D eigenvalue weighted by Gasteiger charge is 2.14. The Morgan fingerprint density at radius 3 is 2.58 bits per heavy atom. The highest BCUT2D eigenvalue weighted by Crippen LogP contribution is 2.09. The summed E-state index contributed by atoms with van der Waals surface area (Å²) >= 11 is 0. The number of nitrogens with zero attached hydrogens (tertiary/aromatic N) is 1. The van der Waals surface area contributed by atoms with E-state index in [-0.39, 0.29) is 24.5 Å². The van der Waals surface area contributed by atoms with Crippen LogP contribution in [0.1, 0.15) is 12.0 Å². The van der Waals surface area contributed by atoms with Gasteiger partial charge in [-0.2, -0.15) is 5.26 Å². The highest BCUT2D eigenvalue weighted by molar-refractivity contribution is 7.89. The molecule has 19 heavy (non-hydrogen) atoms. The summed E-state index contributed by atoms with van der Waals surface area (Å²) in [6.07, 6.45) is -0.433. The van der Waals surface area contributed by atoms with Crippen LogP contribution in [0.25, 0.3) is 0 Å². The molecule has 0 saturated heterocycles. The van der Waals surface area contributed by atoms with Crippen LogP contribution in [-0.4, -0.2) is 39.9 Å². The molecule has 0 aromatic heterocycles. The normalized spacial score (nSPS) is 12.9. The molecule has 0 heterocycles. The third-order valence-electron chi connectivity index (χ3n) is 2.42. The molecule has 0 amide bonds. The highest BCUT2D eigenvalue weighted by atomic mass is 32.2. The summed E-state index contributed by atoms with van der Waals surface area (Å²) in [5.41, 5.74) is 0.398. The van der Waals surface area contributed by atoms with E-state index in [4.69, 9.17) is 10.00 Å². The summed E-state index contributed by atoms with van der Waals surface area (Å²) in [5, 5.41) is 18.0. The average Bonchev–Trinajstić information content (AvgIpc) is 2.39. The van der Waals surface area contributed by atoms with Crippen LogP contribution in [0.15, 0.2) is 29.2 Å². The Morgan fingerprint density at radius 2 is 2.05 bits per heavy atom. The minimum absolute atomic E-state index is 0.0905. The fraction of sp³-hybridized carbons (Fsp3) is 0.417. The predicted octanol–water partition coefficient (Wildman–Crippen LogP) is 0.234. The largest absolute Gasteiger partial charge is 0.391 e. The third kappa shape index (κ3) is 4.96. The van der Waals surface area contributed by atoms with E-state index in [0.717, 1.165) is 0 Å². The molecule has 0 fully saturated rings. The summed E-state index contributed by atoms with van der Waals surface area (Å²) in [6, 6.07) is 7.53. The van der Waals surface area contributed by atoms with Crippen LogP contribution in [0.4, 0.5) is 0 Å². The predicted molar refractivity (Wildman–Crippen MR) is 68.8 cm³/mol. The van der Waals surface area contributed by atoms with Gasteiger partial charge in [-0.25, -0.2) is 13.1 Å². The first kappa shape index (κ1) is 15.6. The Kier molecular flexibility index (Phi) is 5.92. The number of rotatable bonds is 7. The monoisotopic (exact) mass is 284 g/mol. The minimum Gasteiger partial charge on any atom is -0.391 e. The smallest absolute Gasteiger partial charge is 0.240 e. The number of nitriles is 1. The molecule has 1 atom stereocenters. The molecular weight excluding hydrogens is 268 g/mol. The molecule has 0 aliphatic carbocycles. The molecule has 6 nitrogen and oxygen atoms in total. The second-order valence-corrected chi connectivity index (χ2v) is 5.70. The van der Waals surface area contributed by atoms with Gasteiger partial charge in [0.1, 0.15) is 0 Å². The maximum absolute atomic E-state index is 11.9. The van der Waals surface area contributed by atoms with Crippen molar-refractivity contribution in [2.45, 2.75) is 17.4 Å². The lowest BCUT2D eigenvalue weighted by Crippen LogP contribution is -2.28. The number of hydrogen-bond donors (Lipinski definition) is 2. The molecule has 104 valence electrons. The molecule has 1 aromatic rings. The number of hydrogen-bond acceptors (Lipinski definition) is 5. The number of sulfonamides is 1. The zero-order valence-electron chi connectivity index (χ0n) is 10.5. The van der Waals surface area contributed by atoms with E-state index in [1.54, 1.807) is 0 Å². The van der Waals surface area contributed by atoms with E-state index in [2.05, 4.69) is 4.72 Å². The first-order valence-electron chi connectivity index (χ1n) is 5.66. The first-order valence-corrected chi connectivity index (χ1v) is 7.14. The van der Waals surface area contributed by atoms with Gasteiger partial charge in [0, 0.05) is 13.7 Å². The summed E-state index contributed by atoms with van der Waals surface area (Å²) in [4.78, 5) is 0.0905. The van der Waals surface area contributed by atoms with Crippen molar-refractivity contribution in [2.24, 2.45) is 0 Å². The summed E-state index contributed by atoms with van der Waals surface area (Å²) in [7, 11) is -2.14. The van der Waals surface area contributed by atoms with E-state index in [1.165, 1.54) is 31.4 Å². The van der Waals surface area contributed by atoms with Gasteiger partial charge < -0.3 is 9.84 Å². The Labute approximate surface area is 112 Å². The quantitative estimate of drug-likeness (QED) is 0.747. The molecule has 1 aromatic carbocycles. The van der Waals surface area contributed by atoms with Crippen molar-refractivity contribution in [1.82, 2.24) is 4.72 Å². The molecule has 0 bridgehead atoms. The second-order valence-electron chi connectivity index (χ2n) is 3.93. The first-order chi connectivity index (χ1) is 8.99. The van der Waals surface area contributed by atoms with E-state index >= 15 is 0 Å². The fourth-order valence-corrected chi connectivity index (χ4v) is 2.48. The van der Waals surface area contributed by atoms with E-state index in [1.807, 2.05) is 6.07 Å². The lowest BCUT2D eigenvalue weighted by atomic mass is 10.2. The molecule has 0 aliphatic heterocycles. The Morgan fingerprint density at radius 1 is 1.42 bits per heavy atom. The molecular formula is C12H16N2O4S. The Bertz CT molecular complexity index is 534. The molecule has 0 saturated carbocycles. The minimum atomic E-state index is -3.61. The number of nitrogens with one attached hydrogen (secondary N) is 1. The molecule has 0 aliphatic rings. The van der Waals surface area contributed by atoms with Gasteiger partial charge in [0.25, 0.3) is 0 Å². The maximum Gasteiger partial charge on any atom is 0.240 e. The Hall–Kier alpha value is -1.46. The van der Waals surface area contributed by atoms with Gasteiger partial charge in [-0.15, -0.1) is 0 Å². The molecule has 0 spiro atoms. The topological polar surface area (TPSA) is 99.4 Å². The number of ether oxygens (including phenoxy) is 1. The van der Waals surface area contributed by atoms with Crippen molar-refractivity contribution in [1.29, 1.82) is 5.26 Å². The fourth-order valence-electron chi connectivity index (χ4n) is 1.43. The van der Waals surface area contributed by atoms with Gasteiger partial charge in [-0.1, -0.05) is 0 Å². The molecule has 7 heteroatoms. The molecule has 0 radical (unpaired) electrons. The number of benzene rings is 1. The van der Waals surface area contributed by atoms with Gasteiger partial charge in [-0.3, -0.25) is 0 Å². The lowest BCUT2D eigenvalue weighted by Gasteiger charge is -2.10. The van der Waals surface area contributed by atoms with Crippen LogP contribution in [-0.2, 0) is 14.8 Å². The molecule has 2 N–H and O–H groups in total. The van der Waals surface area contributed by atoms with Gasteiger partial charge in [-0.05, 0) is 30.7 Å². The van der Waals surface area contributed by atoms with E-state index in [0.29, 0.717) is 5.56 Å². The molecule has 1 unspecified atom stereocenters. The van der Waals surface area contributed by atoms with Crippen molar-refractivity contribution >= 4 is 10.0 Å². The van der Waals surface area contributed by atoms with Crippen LogP contribution in [0.5, 0.6) is 0 Å². The van der Waals surface area contributed by atoms with Gasteiger partial charge in [0.05, 0.1) is 29.2 Å². The van der Waals surface area contributed by atoms with Gasteiger partial charge >= 0.3 is 0 Å². The Balaban J connectivity index is 2.58. The SMILES string of the molecule is COCC(O)CCNS(=O)(=O)c1ccc(C#N)cc1. The van der Waals surface area contributed by atoms with Crippen LogP contribution in [0.2, 0.25) is 0 Å². The number of methoxy groups -OCH3 is 1. The third-order valence-corrected chi connectivity index (χ3v) is 3.90.